The van der Waals surface area contributed by atoms with E-state index >= 15 is 0 Å². The molecule has 1 nitrogen and oxygen atoms in total. The first-order valence-corrected chi connectivity index (χ1v) is 5.21. The van der Waals surface area contributed by atoms with Crippen LogP contribution in [-0.4, -0.2) is 18.8 Å². The minimum atomic E-state index is -4.03. The zero-order valence-corrected chi connectivity index (χ0v) is 8.69. The fourth-order valence-electron chi connectivity index (χ4n) is 2.10. The van der Waals surface area contributed by atoms with Crippen LogP contribution in [0.1, 0.15) is 33.1 Å². The van der Waals surface area contributed by atoms with E-state index in [2.05, 4.69) is 5.32 Å². The highest BCUT2D eigenvalue weighted by Gasteiger charge is 2.45. The summed E-state index contributed by atoms with van der Waals surface area (Å²) in [6.07, 6.45) is -2.50. The van der Waals surface area contributed by atoms with Gasteiger partial charge < -0.3 is 5.32 Å². The second kappa shape index (κ2) is 4.51. The molecule has 0 bridgehead atoms. The predicted octanol–water partition coefficient (Wildman–Crippen LogP) is 2.96. The Morgan fingerprint density at radius 1 is 1.36 bits per heavy atom. The van der Waals surface area contributed by atoms with E-state index in [1.165, 1.54) is 0 Å². The van der Waals surface area contributed by atoms with Crippen LogP contribution in [0.3, 0.4) is 0 Å². The highest BCUT2D eigenvalue weighted by molar-refractivity contribution is 4.86. The van der Waals surface area contributed by atoms with E-state index in [0.717, 1.165) is 6.54 Å². The van der Waals surface area contributed by atoms with E-state index in [4.69, 9.17) is 0 Å². The van der Waals surface area contributed by atoms with Gasteiger partial charge in [-0.05, 0) is 31.7 Å². The summed E-state index contributed by atoms with van der Waals surface area (Å²) in [6, 6.07) is -0.372. The molecule has 1 saturated heterocycles. The van der Waals surface area contributed by atoms with Crippen molar-refractivity contribution in [2.45, 2.75) is 45.3 Å². The van der Waals surface area contributed by atoms with Crippen molar-refractivity contribution in [3.8, 4) is 0 Å². The van der Waals surface area contributed by atoms with Gasteiger partial charge in [0.1, 0.15) is 0 Å². The summed E-state index contributed by atoms with van der Waals surface area (Å²) in [4.78, 5) is 0. The van der Waals surface area contributed by atoms with Crippen molar-refractivity contribution in [2.75, 3.05) is 6.54 Å². The summed E-state index contributed by atoms with van der Waals surface area (Å²) in [5.74, 6) is -0.825. The number of piperidine rings is 1. The summed E-state index contributed by atoms with van der Waals surface area (Å²) in [5, 5.41) is 2.99. The topological polar surface area (TPSA) is 12.0 Å². The maximum absolute atomic E-state index is 12.6. The van der Waals surface area contributed by atoms with E-state index in [1.54, 1.807) is 0 Å². The fourth-order valence-corrected chi connectivity index (χ4v) is 2.10. The molecular formula is C10H18F3N. The van der Waals surface area contributed by atoms with Gasteiger partial charge in [-0.2, -0.15) is 13.2 Å². The molecule has 1 fully saturated rings. The number of alkyl halides is 3. The molecule has 2 atom stereocenters. The van der Waals surface area contributed by atoms with E-state index in [1.807, 2.05) is 13.8 Å². The highest BCUT2D eigenvalue weighted by Crippen LogP contribution is 2.36. The number of rotatable bonds is 2. The van der Waals surface area contributed by atoms with Gasteiger partial charge in [-0.1, -0.05) is 13.8 Å². The lowest BCUT2D eigenvalue weighted by molar-refractivity contribution is -0.189. The van der Waals surface area contributed by atoms with Gasteiger partial charge in [0.2, 0.25) is 0 Å². The fraction of sp³-hybridized carbons (Fsp3) is 1.00. The second-order valence-corrected chi connectivity index (χ2v) is 4.48. The molecule has 0 aromatic carbocycles. The van der Waals surface area contributed by atoms with Crippen LogP contribution in [0.25, 0.3) is 0 Å². The van der Waals surface area contributed by atoms with E-state index in [9.17, 15) is 13.2 Å². The minimum absolute atomic E-state index is 0.286. The second-order valence-electron chi connectivity index (χ2n) is 4.48. The van der Waals surface area contributed by atoms with Crippen molar-refractivity contribution in [1.29, 1.82) is 0 Å². The summed E-state index contributed by atoms with van der Waals surface area (Å²) >= 11 is 0. The molecule has 0 aromatic rings. The van der Waals surface area contributed by atoms with Gasteiger partial charge in [-0.25, -0.2) is 0 Å². The molecule has 1 aliphatic rings. The molecule has 1 aliphatic heterocycles. The Kier molecular flexibility index (Phi) is 3.81. The lowest BCUT2D eigenvalue weighted by atomic mass is 9.85. The van der Waals surface area contributed by atoms with Gasteiger partial charge in [0.05, 0.1) is 5.92 Å². The van der Waals surface area contributed by atoms with E-state index in [0.29, 0.717) is 18.8 Å². The van der Waals surface area contributed by atoms with Crippen LogP contribution in [0, 0.1) is 11.8 Å². The Hall–Kier alpha value is -0.250. The lowest BCUT2D eigenvalue weighted by Gasteiger charge is -2.34. The van der Waals surface area contributed by atoms with Crippen molar-refractivity contribution in [2.24, 2.45) is 11.8 Å². The van der Waals surface area contributed by atoms with Crippen LogP contribution in [-0.2, 0) is 0 Å². The molecule has 1 N–H and O–H groups in total. The summed E-state index contributed by atoms with van der Waals surface area (Å²) < 4.78 is 37.8. The molecule has 1 rings (SSSR count). The Bertz CT molecular complexity index is 177. The normalized spacial score (nSPS) is 29.6. The van der Waals surface area contributed by atoms with Gasteiger partial charge in [0, 0.05) is 6.04 Å². The quantitative estimate of drug-likeness (QED) is 0.737. The maximum Gasteiger partial charge on any atom is 0.393 e. The summed E-state index contributed by atoms with van der Waals surface area (Å²) in [5.41, 5.74) is 0. The minimum Gasteiger partial charge on any atom is -0.313 e. The molecule has 1 heterocycles. The maximum atomic E-state index is 12.6. The number of halogens is 3. The van der Waals surface area contributed by atoms with Crippen molar-refractivity contribution < 1.29 is 13.2 Å². The third-order valence-corrected chi connectivity index (χ3v) is 2.73. The van der Waals surface area contributed by atoms with Gasteiger partial charge >= 0.3 is 6.18 Å². The number of hydrogen-bond donors (Lipinski definition) is 1. The van der Waals surface area contributed by atoms with Gasteiger partial charge in [0.15, 0.2) is 0 Å². The average Bonchev–Trinajstić information content (AvgIpc) is 2.01. The Morgan fingerprint density at radius 3 is 2.50 bits per heavy atom. The molecule has 14 heavy (non-hydrogen) atoms. The van der Waals surface area contributed by atoms with Crippen molar-refractivity contribution >= 4 is 0 Å². The Balaban J connectivity index is 2.59. The van der Waals surface area contributed by atoms with Crippen molar-refractivity contribution in [3.63, 3.8) is 0 Å². The molecule has 0 aromatic heterocycles. The predicted molar refractivity (Wildman–Crippen MR) is 50.0 cm³/mol. The Labute approximate surface area is 83.1 Å². The Morgan fingerprint density at radius 2 is 2.00 bits per heavy atom. The first kappa shape index (κ1) is 11.8. The first-order valence-electron chi connectivity index (χ1n) is 5.21. The molecule has 2 unspecified atom stereocenters. The summed E-state index contributed by atoms with van der Waals surface area (Å²) in [6.45, 7) is 4.65. The zero-order valence-electron chi connectivity index (χ0n) is 8.69. The molecule has 4 heteroatoms. The summed E-state index contributed by atoms with van der Waals surface area (Å²) in [7, 11) is 0. The van der Waals surface area contributed by atoms with Crippen LogP contribution in [0.15, 0.2) is 0 Å². The van der Waals surface area contributed by atoms with E-state index < -0.39 is 12.1 Å². The third-order valence-electron chi connectivity index (χ3n) is 2.73. The van der Waals surface area contributed by atoms with Gasteiger partial charge in [0.25, 0.3) is 0 Å². The molecule has 84 valence electrons. The SMILES string of the molecule is CC(C)CC1NCCCC1C(F)(F)F. The molecule has 0 spiro atoms. The monoisotopic (exact) mass is 209 g/mol. The van der Waals surface area contributed by atoms with Crippen LogP contribution < -0.4 is 5.32 Å². The zero-order chi connectivity index (χ0) is 10.8. The lowest BCUT2D eigenvalue weighted by Crippen LogP contribution is -2.48. The largest absolute Gasteiger partial charge is 0.393 e. The third kappa shape index (κ3) is 3.15. The van der Waals surface area contributed by atoms with Crippen LogP contribution in [0.2, 0.25) is 0 Å². The highest BCUT2D eigenvalue weighted by atomic mass is 19.4. The van der Waals surface area contributed by atoms with Crippen molar-refractivity contribution in [1.82, 2.24) is 5.32 Å². The van der Waals surface area contributed by atoms with Gasteiger partial charge in [-0.3, -0.25) is 0 Å². The van der Waals surface area contributed by atoms with Crippen LogP contribution in [0.4, 0.5) is 13.2 Å². The number of hydrogen-bond acceptors (Lipinski definition) is 1. The molecule has 0 aliphatic carbocycles. The molecule has 0 amide bonds. The van der Waals surface area contributed by atoms with Gasteiger partial charge in [-0.15, -0.1) is 0 Å². The standard InChI is InChI=1S/C10H18F3N/c1-7(2)6-9-8(10(11,12)13)4-3-5-14-9/h7-9,14H,3-6H2,1-2H3. The molecule has 0 saturated carbocycles. The number of nitrogens with one attached hydrogen (secondary N) is 1. The first-order chi connectivity index (χ1) is 6.41. The smallest absolute Gasteiger partial charge is 0.313 e. The molecular weight excluding hydrogens is 191 g/mol. The van der Waals surface area contributed by atoms with Crippen LogP contribution >= 0.6 is 0 Å². The average molecular weight is 209 g/mol. The molecule has 0 radical (unpaired) electrons. The van der Waals surface area contributed by atoms with E-state index in [-0.39, 0.29) is 12.5 Å². The van der Waals surface area contributed by atoms with Crippen molar-refractivity contribution in [3.05, 3.63) is 0 Å². The van der Waals surface area contributed by atoms with Crippen LogP contribution in [0.5, 0.6) is 0 Å².